The predicted octanol–water partition coefficient (Wildman–Crippen LogP) is -1.04. The Morgan fingerprint density at radius 3 is 2.81 bits per heavy atom. The molecule has 1 fully saturated rings. The summed E-state index contributed by atoms with van der Waals surface area (Å²) in [5, 5.41) is 28.9. The van der Waals surface area contributed by atoms with Crippen molar-refractivity contribution < 1.29 is 28.8 Å². The largest absolute Gasteiger partial charge is 0.390 e. The fraction of sp³-hybridized carbons (Fsp3) is 0.455. The van der Waals surface area contributed by atoms with Crippen molar-refractivity contribution in [2.75, 3.05) is 6.61 Å². The first kappa shape index (κ1) is 15.7. The van der Waals surface area contributed by atoms with E-state index in [0.29, 0.717) is 10.8 Å². The van der Waals surface area contributed by atoms with Gasteiger partial charge in [0.2, 0.25) is 11.4 Å². The van der Waals surface area contributed by atoms with E-state index in [0.717, 1.165) is 0 Å². The van der Waals surface area contributed by atoms with Crippen molar-refractivity contribution in [3.05, 3.63) is 27.1 Å². The monoisotopic (exact) mass is 320 g/mol. The number of ether oxygens (including phenoxy) is 1. The van der Waals surface area contributed by atoms with Gasteiger partial charge >= 0.3 is 0 Å². The summed E-state index contributed by atoms with van der Waals surface area (Å²) in [5.74, 6) is -2.63. The number of H-pyrrole nitrogens is 1. The van der Waals surface area contributed by atoms with Crippen molar-refractivity contribution in [2.45, 2.75) is 23.8 Å². The second kappa shape index (κ2) is 4.97. The molecule has 0 aliphatic carbocycles. The molecular formula is C11H10F2N2O5S. The van der Waals surface area contributed by atoms with Gasteiger partial charge in [0.25, 0.3) is 11.4 Å². The van der Waals surface area contributed by atoms with Crippen molar-refractivity contribution in [3.63, 3.8) is 0 Å². The van der Waals surface area contributed by atoms with Crippen LogP contribution in [0.25, 0.3) is 0 Å². The number of aliphatic hydroxyl groups excluding tert-OH is 2. The standard InChI is InChI=1S/C11H10F2N2O5S/c1-2-10(19)7(18)11(13,4-16)20-8(10)15-3-5(12)6(17)14-9(15)21/h1,3,7-8,16,18-19H,4H2,(H,14,17,21)/t7-,8-,10?,11-/m1/s1. The fourth-order valence-electron chi connectivity index (χ4n) is 1.98. The van der Waals surface area contributed by atoms with Crippen LogP contribution in [0.1, 0.15) is 6.23 Å². The van der Waals surface area contributed by atoms with Crippen LogP contribution < -0.4 is 5.56 Å². The molecule has 1 aliphatic rings. The first-order valence-corrected chi connectivity index (χ1v) is 5.97. The summed E-state index contributed by atoms with van der Waals surface area (Å²) in [6.07, 6.45) is 1.45. The molecule has 0 amide bonds. The molecule has 1 aromatic heterocycles. The zero-order valence-corrected chi connectivity index (χ0v) is 11.1. The number of nitrogens with one attached hydrogen (secondary N) is 1. The molecule has 0 spiro atoms. The van der Waals surface area contributed by atoms with Gasteiger partial charge in [-0.25, -0.2) is 4.39 Å². The average molecular weight is 320 g/mol. The normalized spacial score (nSPS) is 35.6. The van der Waals surface area contributed by atoms with Crippen molar-refractivity contribution in [1.82, 2.24) is 9.55 Å². The Kier molecular flexibility index (Phi) is 3.73. The third-order valence-corrected chi connectivity index (χ3v) is 3.45. The van der Waals surface area contributed by atoms with Crippen LogP contribution in [0.3, 0.4) is 0 Å². The second-order valence-corrected chi connectivity index (χ2v) is 4.82. The highest BCUT2D eigenvalue weighted by molar-refractivity contribution is 7.71. The molecular weight excluding hydrogens is 310 g/mol. The van der Waals surface area contributed by atoms with Crippen LogP contribution in [-0.2, 0) is 4.74 Å². The lowest BCUT2D eigenvalue weighted by Gasteiger charge is -2.26. The molecule has 1 saturated heterocycles. The van der Waals surface area contributed by atoms with Gasteiger partial charge in [-0.2, -0.15) is 4.39 Å². The number of hydrogen-bond acceptors (Lipinski definition) is 6. The van der Waals surface area contributed by atoms with Crippen molar-refractivity contribution in [3.8, 4) is 12.3 Å². The zero-order valence-electron chi connectivity index (χ0n) is 10.3. The summed E-state index contributed by atoms with van der Waals surface area (Å²) in [6, 6.07) is 0. The molecule has 0 aromatic carbocycles. The van der Waals surface area contributed by atoms with Crippen LogP contribution in [0, 0.1) is 22.9 Å². The van der Waals surface area contributed by atoms with E-state index in [-0.39, 0.29) is 0 Å². The van der Waals surface area contributed by atoms with Gasteiger partial charge in [0.15, 0.2) is 17.1 Å². The van der Waals surface area contributed by atoms with Gasteiger partial charge in [-0.15, -0.1) is 6.42 Å². The van der Waals surface area contributed by atoms with E-state index in [1.165, 1.54) is 0 Å². The van der Waals surface area contributed by atoms with Gasteiger partial charge in [-0.3, -0.25) is 14.3 Å². The maximum absolute atomic E-state index is 14.2. The van der Waals surface area contributed by atoms with E-state index in [2.05, 4.69) is 0 Å². The SMILES string of the molecule is C#CC1(O)[C@@H](O)[C@@](F)(CO)O[C@H]1n1cc(F)c(=O)[nH]c1=S. The predicted molar refractivity (Wildman–Crippen MR) is 66.7 cm³/mol. The van der Waals surface area contributed by atoms with Gasteiger partial charge in [0, 0.05) is 0 Å². The maximum Gasteiger partial charge on any atom is 0.287 e. The van der Waals surface area contributed by atoms with Crippen LogP contribution >= 0.6 is 12.2 Å². The number of alkyl halides is 1. The van der Waals surface area contributed by atoms with Crippen LogP contribution in [0.15, 0.2) is 11.0 Å². The van der Waals surface area contributed by atoms with Crippen LogP contribution in [0.5, 0.6) is 0 Å². The number of aromatic nitrogens is 2. The smallest absolute Gasteiger partial charge is 0.287 e. The topological polar surface area (TPSA) is 108 Å². The Hall–Kier alpha value is -1.64. The average Bonchev–Trinajstić information content (AvgIpc) is 2.66. The van der Waals surface area contributed by atoms with E-state index >= 15 is 0 Å². The van der Waals surface area contributed by atoms with E-state index in [9.17, 15) is 23.8 Å². The zero-order chi connectivity index (χ0) is 16.0. The summed E-state index contributed by atoms with van der Waals surface area (Å²) in [5.41, 5.74) is -3.77. The molecule has 21 heavy (non-hydrogen) atoms. The minimum atomic E-state index is -3.08. The molecule has 7 nitrogen and oxygen atoms in total. The Bertz CT molecular complexity index is 729. The van der Waals surface area contributed by atoms with E-state index in [1.54, 1.807) is 5.92 Å². The Labute approximate surface area is 121 Å². The molecule has 2 rings (SSSR count). The molecule has 1 aromatic rings. The lowest BCUT2D eigenvalue weighted by molar-refractivity contribution is -0.207. The van der Waals surface area contributed by atoms with Gasteiger partial charge in [-0.05, 0) is 12.2 Å². The van der Waals surface area contributed by atoms with E-state index in [4.69, 9.17) is 28.5 Å². The Morgan fingerprint density at radius 1 is 1.67 bits per heavy atom. The highest BCUT2D eigenvalue weighted by Gasteiger charge is 2.64. The van der Waals surface area contributed by atoms with Crippen LogP contribution in [0.2, 0.25) is 0 Å². The summed E-state index contributed by atoms with van der Waals surface area (Å²) >= 11 is 4.75. The minimum absolute atomic E-state index is 0.422. The van der Waals surface area contributed by atoms with E-state index in [1.807, 2.05) is 4.98 Å². The molecule has 10 heteroatoms. The van der Waals surface area contributed by atoms with Gasteiger partial charge < -0.3 is 20.1 Å². The Morgan fingerprint density at radius 2 is 2.29 bits per heavy atom. The second-order valence-electron chi connectivity index (χ2n) is 4.43. The molecule has 0 bridgehead atoms. The summed E-state index contributed by atoms with van der Waals surface area (Å²) < 4.78 is 32.5. The highest BCUT2D eigenvalue weighted by Crippen LogP contribution is 2.44. The van der Waals surface area contributed by atoms with Crippen molar-refractivity contribution >= 4 is 12.2 Å². The minimum Gasteiger partial charge on any atom is -0.390 e. The fourth-order valence-corrected chi connectivity index (χ4v) is 2.22. The van der Waals surface area contributed by atoms with Crippen LogP contribution in [-0.4, -0.2) is 49.0 Å². The number of halogens is 2. The molecule has 0 saturated carbocycles. The summed E-state index contributed by atoms with van der Waals surface area (Å²) in [7, 11) is 0. The molecule has 4 N–H and O–H groups in total. The first-order valence-electron chi connectivity index (χ1n) is 5.56. The quantitative estimate of drug-likeness (QED) is 0.409. The third-order valence-electron chi connectivity index (χ3n) is 3.13. The molecule has 0 radical (unpaired) electrons. The van der Waals surface area contributed by atoms with Crippen molar-refractivity contribution in [2.24, 2.45) is 0 Å². The lowest BCUT2D eigenvalue weighted by atomic mass is 9.94. The van der Waals surface area contributed by atoms with E-state index < -0.39 is 46.5 Å². The number of rotatable bonds is 2. The molecule has 1 unspecified atom stereocenters. The van der Waals surface area contributed by atoms with Gasteiger partial charge in [-0.1, -0.05) is 5.92 Å². The Balaban J connectivity index is 2.64. The molecule has 2 heterocycles. The van der Waals surface area contributed by atoms with Gasteiger partial charge in [0.1, 0.15) is 6.61 Å². The number of terminal acetylenes is 1. The molecule has 1 aliphatic heterocycles. The van der Waals surface area contributed by atoms with Crippen molar-refractivity contribution in [1.29, 1.82) is 0 Å². The maximum atomic E-state index is 14.2. The molecule has 4 atom stereocenters. The summed E-state index contributed by atoms with van der Waals surface area (Å²) in [6.45, 7) is -1.31. The highest BCUT2D eigenvalue weighted by atomic mass is 32.1. The third kappa shape index (κ3) is 2.19. The van der Waals surface area contributed by atoms with Gasteiger partial charge in [0.05, 0.1) is 6.20 Å². The van der Waals surface area contributed by atoms with Crippen LogP contribution in [0.4, 0.5) is 8.78 Å². The number of aromatic amines is 1. The number of aliphatic hydroxyl groups is 3. The number of hydrogen-bond donors (Lipinski definition) is 4. The summed E-state index contributed by atoms with van der Waals surface area (Å²) in [4.78, 5) is 13.0. The molecule has 114 valence electrons. The lowest BCUT2D eigenvalue weighted by Crippen LogP contribution is -2.50. The number of nitrogens with zero attached hydrogens (tertiary/aromatic N) is 1. The first-order chi connectivity index (χ1) is 9.69.